The van der Waals surface area contributed by atoms with Gasteiger partial charge in [0, 0.05) is 22.7 Å². The summed E-state index contributed by atoms with van der Waals surface area (Å²) in [5.74, 6) is 1.08. The first kappa shape index (κ1) is 19.7. The predicted octanol–water partition coefficient (Wildman–Crippen LogP) is 4.41. The van der Waals surface area contributed by atoms with E-state index in [1.807, 2.05) is 19.9 Å². The minimum Gasteiger partial charge on any atom is -0.490 e. The number of sulfone groups is 1. The van der Waals surface area contributed by atoms with E-state index in [1.54, 1.807) is 30.3 Å². The molecule has 1 aliphatic heterocycles. The molecule has 0 atom stereocenters. The van der Waals surface area contributed by atoms with Gasteiger partial charge in [-0.15, -0.1) is 0 Å². The maximum absolute atomic E-state index is 12.2. The van der Waals surface area contributed by atoms with Crippen LogP contribution in [0.4, 0.5) is 11.4 Å². The Balaban J connectivity index is 1.87. The van der Waals surface area contributed by atoms with Gasteiger partial charge in [-0.2, -0.15) is 5.26 Å². The number of pyridine rings is 1. The zero-order valence-corrected chi connectivity index (χ0v) is 17.3. The number of rotatable bonds is 6. The van der Waals surface area contributed by atoms with Crippen molar-refractivity contribution in [1.82, 2.24) is 4.98 Å². The molecule has 1 aromatic heterocycles. The SMILES string of the molecule is CCOc1ccc2c(Nc3ccc4c(c3)S(=O)(=O)C=C4)c(C#N)cnc2c1OCC. The maximum atomic E-state index is 12.2. The number of anilines is 2. The van der Waals surface area contributed by atoms with Crippen molar-refractivity contribution in [2.45, 2.75) is 18.7 Å². The molecule has 30 heavy (non-hydrogen) atoms. The van der Waals surface area contributed by atoms with Crippen molar-refractivity contribution in [3.8, 4) is 17.6 Å². The van der Waals surface area contributed by atoms with E-state index < -0.39 is 9.84 Å². The highest BCUT2D eigenvalue weighted by atomic mass is 32.2. The summed E-state index contributed by atoms with van der Waals surface area (Å²) in [5, 5.41) is 14.7. The Morgan fingerprint density at radius 3 is 2.67 bits per heavy atom. The van der Waals surface area contributed by atoms with Crippen LogP contribution in [0, 0.1) is 11.3 Å². The molecule has 2 heterocycles. The second-order valence-corrected chi connectivity index (χ2v) is 8.34. The quantitative estimate of drug-likeness (QED) is 0.629. The van der Waals surface area contributed by atoms with Gasteiger partial charge >= 0.3 is 0 Å². The van der Waals surface area contributed by atoms with Gasteiger partial charge in [0.2, 0.25) is 9.84 Å². The minimum atomic E-state index is -3.44. The van der Waals surface area contributed by atoms with E-state index >= 15 is 0 Å². The first-order valence-corrected chi connectivity index (χ1v) is 11.0. The molecule has 3 aromatic rings. The Kier molecular flexibility index (Phi) is 5.06. The largest absolute Gasteiger partial charge is 0.490 e. The number of fused-ring (bicyclic) bond motifs is 2. The van der Waals surface area contributed by atoms with Crippen molar-refractivity contribution in [1.29, 1.82) is 5.26 Å². The molecule has 0 bridgehead atoms. The number of nitrogens with one attached hydrogen (secondary N) is 1. The molecule has 1 aliphatic rings. The molecule has 7 nitrogen and oxygen atoms in total. The number of nitrogens with zero attached hydrogens (tertiary/aromatic N) is 2. The molecule has 0 radical (unpaired) electrons. The number of aromatic nitrogens is 1. The fourth-order valence-corrected chi connectivity index (χ4v) is 4.60. The highest BCUT2D eigenvalue weighted by Gasteiger charge is 2.22. The third-order valence-electron chi connectivity index (χ3n) is 4.68. The first-order chi connectivity index (χ1) is 14.5. The van der Waals surface area contributed by atoms with E-state index in [0.29, 0.717) is 58.1 Å². The van der Waals surface area contributed by atoms with Gasteiger partial charge in [0.25, 0.3) is 0 Å². The molecule has 0 saturated carbocycles. The van der Waals surface area contributed by atoms with E-state index in [4.69, 9.17) is 9.47 Å². The molecule has 0 saturated heterocycles. The Morgan fingerprint density at radius 2 is 1.93 bits per heavy atom. The van der Waals surface area contributed by atoms with E-state index in [0.717, 1.165) is 0 Å². The molecule has 4 rings (SSSR count). The van der Waals surface area contributed by atoms with Crippen LogP contribution in [0.2, 0.25) is 0 Å². The molecule has 0 amide bonds. The van der Waals surface area contributed by atoms with Crippen LogP contribution < -0.4 is 14.8 Å². The van der Waals surface area contributed by atoms with Crippen LogP contribution in [0.25, 0.3) is 17.0 Å². The van der Waals surface area contributed by atoms with E-state index in [9.17, 15) is 13.7 Å². The van der Waals surface area contributed by atoms with Crippen LogP contribution in [0.3, 0.4) is 0 Å². The minimum absolute atomic E-state index is 0.234. The molecule has 152 valence electrons. The van der Waals surface area contributed by atoms with Crippen LogP contribution in [0.15, 0.2) is 46.8 Å². The molecule has 1 N–H and O–H groups in total. The summed E-state index contributed by atoms with van der Waals surface area (Å²) in [6.07, 6.45) is 3.04. The number of hydrogen-bond donors (Lipinski definition) is 1. The monoisotopic (exact) mass is 421 g/mol. The van der Waals surface area contributed by atoms with Gasteiger partial charge in [-0.25, -0.2) is 8.42 Å². The van der Waals surface area contributed by atoms with Crippen LogP contribution in [0.5, 0.6) is 11.5 Å². The molecule has 8 heteroatoms. The normalized spacial score (nSPS) is 13.6. The lowest BCUT2D eigenvalue weighted by molar-refractivity contribution is 0.290. The van der Waals surface area contributed by atoms with Crippen LogP contribution in [0.1, 0.15) is 25.0 Å². The van der Waals surface area contributed by atoms with Gasteiger partial charge in [-0.3, -0.25) is 4.98 Å². The lowest BCUT2D eigenvalue weighted by atomic mass is 10.1. The van der Waals surface area contributed by atoms with E-state index in [-0.39, 0.29) is 4.90 Å². The summed E-state index contributed by atoms with van der Waals surface area (Å²) in [7, 11) is -3.44. The van der Waals surface area contributed by atoms with E-state index in [1.165, 1.54) is 11.6 Å². The van der Waals surface area contributed by atoms with Crippen molar-refractivity contribution in [2.24, 2.45) is 0 Å². The zero-order valence-electron chi connectivity index (χ0n) is 16.5. The number of hydrogen-bond acceptors (Lipinski definition) is 7. The lowest BCUT2D eigenvalue weighted by Gasteiger charge is -2.16. The molecule has 0 fully saturated rings. The van der Waals surface area contributed by atoms with Gasteiger partial charge in [-0.05, 0) is 49.8 Å². The summed E-state index contributed by atoms with van der Waals surface area (Å²) in [6.45, 7) is 4.66. The van der Waals surface area contributed by atoms with Gasteiger partial charge in [0.15, 0.2) is 11.5 Å². The molecule has 0 aliphatic carbocycles. The van der Waals surface area contributed by atoms with Crippen molar-refractivity contribution < 1.29 is 17.9 Å². The topological polar surface area (TPSA) is 101 Å². The number of nitriles is 1. The molecular formula is C22H19N3O4S. The van der Waals surface area contributed by atoms with Gasteiger partial charge < -0.3 is 14.8 Å². The van der Waals surface area contributed by atoms with Crippen LogP contribution >= 0.6 is 0 Å². The van der Waals surface area contributed by atoms with Gasteiger partial charge in [0.05, 0.1) is 29.4 Å². The Hall–Kier alpha value is -3.57. The number of benzene rings is 2. The highest BCUT2D eigenvalue weighted by molar-refractivity contribution is 7.94. The second kappa shape index (κ2) is 7.69. The van der Waals surface area contributed by atoms with Crippen LogP contribution in [-0.4, -0.2) is 26.6 Å². The predicted molar refractivity (Wildman–Crippen MR) is 115 cm³/mol. The lowest BCUT2D eigenvalue weighted by Crippen LogP contribution is -2.03. The molecular weight excluding hydrogens is 402 g/mol. The number of ether oxygens (including phenoxy) is 2. The second-order valence-electron chi connectivity index (χ2n) is 6.54. The summed E-state index contributed by atoms with van der Waals surface area (Å²) in [4.78, 5) is 4.66. The third kappa shape index (κ3) is 3.33. The Labute approximate surface area is 174 Å². The molecule has 0 spiro atoms. The third-order valence-corrected chi connectivity index (χ3v) is 6.14. The summed E-state index contributed by atoms with van der Waals surface area (Å²) in [5.41, 5.74) is 2.60. The van der Waals surface area contributed by atoms with Gasteiger partial charge in [-0.1, -0.05) is 6.07 Å². The molecule has 2 aromatic carbocycles. The smallest absolute Gasteiger partial charge is 0.200 e. The molecule has 0 unspecified atom stereocenters. The van der Waals surface area contributed by atoms with Gasteiger partial charge in [0.1, 0.15) is 11.6 Å². The summed E-state index contributed by atoms with van der Waals surface area (Å²) < 4.78 is 35.8. The van der Waals surface area contributed by atoms with Crippen molar-refractivity contribution in [2.75, 3.05) is 18.5 Å². The van der Waals surface area contributed by atoms with Crippen molar-refractivity contribution in [3.63, 3.8) is 0 Å². The van der Waals surface area contributed by atoms with Crippen molar-refractivity contribution >= 4 is 38.2 Å². The fourth-order valence-electron chi connectivity index (χ4n) is 3.37. The fraction of sp³-hybridized carbons (Fsp3) is 0.182. The standard InChI is InChI=1S/C22H19N3O4S/c1-3-28-18-8-7-17-20(15(12-23)13-24-21(17)22(18)29-4-2)25-16-6-5-14-9-10-30(26,27)19(14)11-16/h5-11,13H,3-4H2,1-2H3,(H,24,25). The Bertz CT molecular complexity index is 1320. The van der Waals surface area contributed by atoms with Crippen molar-refractivity contribution in [3.05, 3.63) is 53.1 Å². The van der Waals surface area contributed by atoms with Crippen LogP contribution in [-0.2, 0) is 9.84 Å². The average molecular weight is 421 g/mol. The zero-order chi connectivity index (χ0) is 21.3. The Morgan fingerprint density at radius 1 is 1.13 bits per heavy atom. The first-order valence-electron chi connectivity index (χ1n) is 9.44. The summed E-state index contributed by atoms with van der Waals surface area (Å²) in [6, 6.07) is 10.8. The highest BCUT2D eigenvalue weighted by Crippen LogP contribution is 2.40. The summed E-state index contributed by atoms with van der Waals surface area (Å²) >= 11 is 0. The van der Waals surface area contributed by atoms with E-state index in [2.05, 4.69) is 16.4 Å². The maximum Gasteiger partial charge on any atom is 0.200 e. The average Bonchev–Trinajstić information content (AvgIpc) is 3.04.